The second-order valence-corrected chi connectivity index (χ2v) is 6.21. The first kappa shape index (κ1) is 21.5. The van der Waals surface area contributed by atoms with Gasteiger partial charge in [-0.15, -0.1) is 0 Å². The lowest BCUT2D eigenvalue weighted by atomic mass is 10.00. The van der Waals surface area contributed by atoms with Crippen molar-refractivity contribution in [2.75, 3.05) is 12.8 Å². The van der Waals surface area contributed by atoms with Gasteiger partial charge < -0.3 is 9.42 Å². The molecular weight excluding hydrogens is 358 g/mol. The van der Waals surface area contributed by atoms with Crippen molar-refractivity contribution in [1.82, 2.24) is 0 Å². The van der Waals surface area contributed by atoms with Crippen LogP contribution in [0, 0.1) is 0 Å². The van der Waals surface area contributed by atoms with Crippen LogP contribution < -0.4 is 0 Å². The van der Waals surface area contributed by atoms with E-state index in [2.05, 4.69) is 4.52 Å². The molecule has 0 heterocycles. The highest BCUT2D eigenvalue weighted by molar-refractivity contribution is 7.52. The summed E-state index contributed by atoms with van der Waals surface area (Å²) in [5.74, 6) is -19.4. The molecule has 0 aromatic heterocycles. The summed E-state index contributed by atoms with van der Waals surface area (Å²) in [4.78, 5) is 8.98. The van der Waals surface area contributed by atoms with Gasteiger partial charge in [0.05, 0.1) is 12.8 Å². The van der Waals surface area contributed by atoms with Crippen LogP contribution in [0.25, 0.3) is 0 Å². The van der Waals surface area contributed by atoms with Crippen LogP contribution >= 0.6 is 7.60 Å². The van der Waals surface area contributed by atoms with Crippen molar-refractivity contribution in [2.45, 2.75) is 43.7 Å². The molecular formula is C9H12F9O3P. The lowest BCUT2D eigenvalue weighted by molar-refractivity contribution is -0.396. The molecule has 0 aliphatic heterocycles. The summed E-state index contributed by atoms with van der Waals surface area (Å²) in [6.07, 6.45) is -11.3. The van der Waals surface area contributed by atoms with Gasteiger partial charge in [0.25, 0.3) is 0 Å². The number of alkyl halides is 9. The molecule has 1 N–H and O–H groups in total. The Bertz CT molecular complexity index is 421. The van der Waals surface area contributed by atoms with Crippen LogP contribution in [0.4, 0.5) is 39.5 Å². The van der Waals surface area contributed by atoms with Gasteiger partial charge in [-0.25, -0.2) is 0 Å². The molecule has 3 nitrogen and oxygen atoms in total. The Kier molecular flexibility index (Phi) is 6.42. The van der Waals surface area contributed by atoms with Crippen LogP contribution in [-0.2, 0) is 9.09 Å². The zero-order chi connectivity index (χ0) is 18.0. The Morgan fingerprint density at radius 3 is 1.77 bits per heavy atom. The minimum absolute atomic E-state index is 0.313. The molecule has 1 unspecified atom stereocenters. The van der Waals surface area contributed by atoms with Gasteiger partial charge in [-0.1, -0.05) is 0 Å². The van der Waals surface area contributed by atoms with Crippen LogP contribution in [0.5, 0.6) is 0 Å². The molecule has 0 bridgehead atoms. The largest absolute Gasteiger partial charge is 0.460 e. The Balaban J connectivity index is 5.04. The van der Waals surface area contributed by atoms with Crippen LogP contribution in [0.1, 0.15) is 19.8 Å². The van der Waals surface area contributed by atoms with Gasteiger partial charge in [-0.3, -0.25) is 4.57 Å². The SMILES string of the molecule is CCOP(=O)(O)CCCC(F)(F)C(F)(F)C(F)(F)C(F)(F)F. The first-order valence-corrected chi connectivity index (χ1v) is 7.44. The van der Waals surface area contributed by atoms with E-state index in [1.165, 1.54) is 6.92 Å². The first-order valence-electron chi connectivity index (χ1n) is 5.68. The molecule has 0 spiro atoms. The van der Waals surface area contributed by atoms with E-state index in [0.717, 1.165) is 0 Å². The Morgan fingerprint density at radius 2 is 1.41 bits per heavy atom. The first-order chi connectivity index (χ1) is 9.52. The van der Waals surface area contributed by atoms with E-state index in [9.17, 15) is 44.1 Å². The minimum atomic E-state index is -6.95. The highest BCUT2D eigenvalue weighted by Gasteiger charge is 2.81. The zero-order valence-corrected chi connectivity index (χ0v) is 11.8. The van der Waals surface area contributed by atoms with E-state index in [1.807, 2.05) is 0 Å². The van der Waals surface area contributed by atoms with Gasteiger partial charge in [0.15, 0.2) is 0 Å². The molecule has 1 atom stereocenters. The van der Waals surface area contributed by atoms with Gasteiger partial charge in [0.2, 0.25) is 0 Å². The third-order valence-electron chi connectivity index (χ3n) is 2.47. The van der Waals surface area contributed by atoms with E-state index in [1.54, 1.807) is 0 Å². The lowest BCUT2D eigenvalue weighted by Crippen LogP contribution is -2.60. The molecule has 0 aliphatic carbocycles. The highest BCUT2D eigenvalue weighted by atomic mass is 31.2. The summed E-state index contributed by atoms with van der Waals surface area (Å²) in [5, 5.41) is 0. The Morgan fingerprint density at radius 1 is 0.955 bits per heavy atom. The summed E-state index contributed by atoms with van der Waals surface area (Å²) < 4.78 is 128. The molecule has 0 amide bonds. The molecule has 0 aromatic rings. The summed E-state index contributed by atoms with van der Waals surface area (Å²) in [6, 6.07) is 0. The number of rotatable bonds is 8. The highest BCUT2D eigenvalue weighted by Crippen LogP contribution is 2.54. The zero-order valence-electron chi connectivity index (χ0n) is 10.9. The minimum Gasteiger partial charge on any atom is -0.324 e. The van der Waals surface area contributed by atoms with Crippen LogP contribution in [0.2, 0.25) is 0 Å². The predicted molar refractivity (Wildman–Crippen MR) is 56.4 cm³/mol. The van der Waals surface area contributed by atoms with E-state index < -0.39 is 50.5 Å². The Labute approximate surface area is 119 Å². The average Bonchev–Trinajstić information content (AvgIpc) is 2.25. The lowest BCUT2D eigenvalue weighted by Gasteiger charge is -2.33. The summed E-state index contributed by atoms with van der Waals surface area (Å²) >= 11 is 0. The normalized spacial score (nSPS) is 17.4. The van der Waals surface area contributed by atoms with Crippen molar-refractivity contribution < 1.29 is 53.5 Å². The monoisotopic (exact) mass is 370 g/mol. The molecule has 0 aliphatic rings. The Hall–Kier alpha value is -0.480. The third kappa shape index (κ3) is 4.51. The van der Waals surface area contributed by atoms with Crippen LogP contribution in [0.15, 0.2) is 0 Å². The van der Waals surface area contributed by atoms with Gasteiger partial charge >= 0.3 is 31.5 Å². The number of hydrogen-bond acceptors (Lipinski definition) is 2. The quantitative estimate of drug-likeness (QED) is 0.507. The molecule has 22 heavy (non-hydrogen) atoms. The fourth-order valence-corrected chi connectivity index (χ4v) is 2.42. The van der Waals surface area contributed by atoms with E-state index in [4.69, 9.17) is 4.89 Å². The van der Waals surface area contributed by atoms with E-state index in [0.29, 0.717) is 0 Å². The van der Waals surface area contributed by atoms with Gasteiger partial charge in [-0.2, -0.15) is 39.5 Å². The van der Waals surface area contributed by atoms with Crippen molar-refractivity contribution in [3.63, 3.8) is 0 Å². The van der Waals surface area contributed by atoms with Gasteiger partial charge in [-0.05, 0) is 13.3 Å². The molecule has 134 valence electrons. The maximum Gasteiger partial charge on any atom is 0.460 e. The molecule has 0 aromatic carbocycles. The topological polar surface area (TPSA) is 46.5 Å². The summed E-state index contributed by atoms with van der Waals surface area (Å²) in [5.41, 5.74) is 0. The smallest absolute Gasteiger partial charge is 0.324 e. The third-order valence-corrected chi connectivity index (χ3v) is 4.02. The number of halogens is 9. The van der Waals surface area contributed by atoms with E-state index >= 15 is 0 Å². The molecule has 0 rings (SSSR count). The van der Waals surface area contributed by atoms with Crippen molar-refractivity contribution in [1.29, 1.82) is 0 Å². The molecule has 0 radical (unpaired) electrons. The fraction of sp³-hybridized carbons (Fsp3) is 1.00. The summed E-state index contributed by atoms with van der Waals surface area (Å²) in [7, 11) is -4.39. The van der Waals surface area contributed by atoms with Gasteiger partial charge in [0, 0.05) is 6.42 Å². The number of hydrogen-bond donors (Lipinski definition) is 1. The average molecular weight is 370 g/mol. The second-order valence-electron chi connectivity index (χ2n) is 4.23. The maximum atomic E-state index is 13.0. The van der Waals surface area contributed by atoms with Gasteiger partial charge in [0.1, 0.15) is 0 Å². The second kappa shape index (κ2) is 6.56. The molecule has 13 heteroatoms. The van der Waals surface area contributed by atoms with Crippen LogP contribution in [0.3, 0.4) is 0 Å². The van der Waals surface area contributed by atoms with E-state index in [-0.39, 0.29) is 6.61 Å². The van der Waals surface area contributed by atoms with Crippen molar-refractivity contribution in [2.24, 2.45) is 0 Å². The standard InChI is InChI=1S/C9H12F9O3P/c1-2-21-22(19,20)5-3-4-6(10,11)7(12,13)8(14,15)9(16,17)18/h2-5H2,1H3,(H,19,20). The predicted octanol–water partition coefficient (Wildman–Crippen LogP) is 4.46. The van der Waals surface area contributed by atoms with Crippen molar-refractivity contribution in [3.05, 3.63) is 0 Å². The maximum absolute atomic E-state index is 13.0. The molecule has 0 saturated heterocycles. The summed E-state index contributed by atoms with van der Waals surface area (Å²) in [6.45, 7) is 0.946. The molecule has 0 fully saturated rings. The molecule has 0 saturated carbocycles. The van der Waals surface area contributed by atoms with Crippen molar-refractivity contribution >= 4 is 7.60 Å². The van der Waals surface area contributed by atoms with Crippen molar-refractivity contribution in [3.8, 4) is 0 Å². The fourth-order valence-electron chi connectivity index (χ4n) is 1.33. The van der Waals surface area contributed by atoms with Crippen LogP contribution in [-0.4, -0.2) is 41.6 Å².